The van der Waals surface area contributed by atoms with Gasteiger partial charge in [0.1, 0.15) is 0 Å². The van der Waals surface area contributed by atoms with Crippen LogP contribution in [0.1, 0.15) is 38.7 Å². The number of rotatable bonds is 6. The molecule has 0 bridgehead atoms. The molecular formula is C19H30N3O3S+. The first-order chi connectivity index (χ1) is 12.4. The van der Waals surface area contributed by atoms with Crippen molar-refractivity contribution in [3.05, 3.63) is 23.8 Å². The summed E-state index contributed by atoms with van der Waals surface area (Å²) in [6.45, 7) is 8.35. The molecule has 0 radical (unpaired) electrons. The highest BCUT2D eigenvalue weighted by Crippen LogP contribution is 2.30. The highest BCUT2D eigenvalue weighted by atomic mass is 32.2. The zero-order valence-corrected chi connectivity index (χ0v) is 16.6. The number of quaternary nitrogens is 1. The molecule has 3 rings (SSSR count). The van der Waals surface area contributed by atoms with Gasteiger partial charge >= 0.3 is 0 Å². The highest BCUT2D eigenvalue weighted by molar-refractivity contribution is 7.89. The van der Waals surface area contributed by atoms with E-state index in [1.165, 1.54) is 32.9 Å². The van der Waals surface area contributed by atoms with E-state index in [2.05, 4.69) is 11.6 Å². The Labute approximate surface area is 156 Å². The summed E-state index contributed by atoms with van der Waals surface area (Å²) < 4.78 is 27.8. The third-order valence-electron chi connectivity index (χ3n) is 5.62. The fourth-order valence-electron chi connectivity index (χ4n) is 3.92. The van der Waals surface area contributed by atoms with Crippen LogP contribution in [-0.4, -0.2) is 47.0 Å². The van der Waals surface area contributed by atoms with Gasteiger partial charge < -0.3 is 9.80 Å². The Kier molecular flexibility index (Phi) is 5.99. The van der Waals surface area contributed by atoms with Crippen LogP contribution in [0.25, 0.3) is 0 Å². The zero-order valence-electron chi connectivity index (χ0n) is 15.8. The minimum Gasteiger partial charge on any atom is -0.335 e. The van der Waals surface area contributed by atoms with Crippen LogP contribution in [0.3, 0.4) is 0 Å². The van der Waals surface area contributed by atoms with Gasteiger partial charge in [0, 0.05) is 32.1 Å². The maximum Gasteiger partial charge on any atom is 0.240 e. The van der Waals surface area contributed by atoms with Crippen LogP contribution in [0.2, 0.25) is 0 Å². The molecule has 144 valence electrons. The van der Waals surface area contributed by atoms with E-state index in [1.807, 2.05) is 0 Å². The molecule has 0 aromatic heterocycles. The van der Waals surface area contributed by atoms with Gasteiger partial charge in [0.15, 0.2) is 0 Å². The van der Waals surface area contributed by atoms with E-state index >= 15 is 0 Å². The molecule has 1 amide bonds. The molecular weight excluding hydrogens is 350 g/mol. The number of nitrogens with one attached hydrogen (secondary N) is 2. The van der Waals surface area contributed by atoms with E-state index in [4.69, 9.17) is 0 Å². The maximum atomic E-state index is 12.5. The lowest BCUT2D eigenvalue weighted by Gasteiger charge is -2.27. The molecule has 2 aliphatic rings. The largest absolute Gasteiger partial charge is 0.335 e. The average molecular weight is 381 g/mol. The number of hydrogen-bond donors (Lipinski definition) is 2. The Hall–Kier alpha value is -1.44. The lowest BCUT2D eigenvalue weighted by molar-refractivity contribution is -0.906. The van der Waals surface area contributed by atoms with Gasteiger partial charge in [-0.25, -0.2) is 13.1 Å². The molecule has 0 atom stereocenters. The monoisotopic (exact) mass is 380 g/mol. The standard InChI is InChI=1S/C19H29N3O3S/c1-15-6-11-21(12-7-15)10-3-9-20-26(24,25)18-4-5-19-17(14-18)8-13-22(19)16(2)23/h4-5,14-15,20H,3,6-13H2,1-2H3/p+1. The number of benzene rings is 1. The van der Waals surface area contributed by atoms with Crippen molar-refractivity contribution in [3.63, 3.8) is 0 Å². The summed E-state index contributed by atoms with van der Waals surface area (Å²) in [5.41, 5.74) is 1.76. The molecule has 2 aliphatic heterocycles. The van der Waals surface area contributed by atoms with Crippen molar-refractivity contribution in [1.82, 2.24) is 4.72 Å². The minimum atomic E-state index is -3.49. The Morgan fingerprint density at radius 3 is 2.73 bits per heavy atom. The van der Waals surface area contributed by atoms with Crippen LogP contribution >= 0.6 is 0 Å². The zero-order chi connectivity index (χ0) is 18.7. The van der Waals surface area contributed by atoms with Gasteiger partial charge in [-0.1, -0.05) is 6.92 Å². The molecule has 0 unspecified atom stereocenters. The van der Waals surface area contributed by atoms with Crippen LogP contribution in [0, 0.1) is 5.92 Å². The molecule has 1 aromatic rings. The predicted molar refractivity (Wildman–Crippen MR) is 102 cm³/mol. The van der Waals surface area contributed by atoms with Crippen molar-refractivity contribution >= 4 is 21.6 Å². The van der Waals surface area contributed by atoms with E-state index < -0.39 is 10.0 Å². The summed E-state index contributed by atoms with van der Waals surface area (Å²) in [5.74, 6) is 0.822. The first-order valence-electron chi connectivity index (χ1n) is 9.61. The lowest BCUT2D eigenvalue weighted by Crippen LogP contribution is -3.13. The lowest BCUT2D eigenvalue weighted by atomic mass is 9.99. The summed E-state index contributed by atoms with van der Waals surface area (Å²) >= 11 is 0. The first kappa shape index (κ1) is 19.3. The molecule has 0 aliphatic carbocycles. The molecule has 0 spiro atoms. The summed E-state index contributed by atoms with van der Waals surface area (Å²) in [5, 5.41) is 0. The van der Waals surface area contributed by atoms with Gasteiger partial charge in [-0.15, -0.1) is 0 Å². The second-order valence-corrected chi connectivity index (χ2v) is 9.41. The van der Waals surface area contributed by atoms with Crippen molar-refractivity contribution in [1.29, 1.82) is 0 Å². The van der Waals surface area contributed by atoms with E-state index in [1.54, 1.807) is 28.0 Å². The Balaban J connectivity index is 1.53. The molecule has 0 saturated carbocycles. The molecule has 2 N–H and O–H groups in total. The maximum absolute atomic E-state index is 12.5. The van der Waals surface area contributed by atoms with Crippen molar-refractivity contribution in [3.8, 4) is 0 Å². The van der Waals surface area contributed by atoms with Crippen molar-refractivity contribution < 1.29 is 18.1 Å². The average Bonchev–Trinajstić information content (AvgIpc) is 3.04. The van der Waals surface area contributed by atoms with Gasteiger partial charge in [-0.3, -0.25) is 4.79 Å². The molecule has 6 nitrogen and oxygen atoms in total. The molecule has 26 heavy (non-hydrogen) atoms. The van der Waals surface area contributed by atoms with Gasteiger partial charge in [0.2, 0.25) is 15.9 Å². The van der Waals surface area contributed by atoms with Crippen LogP contribution in [0.5, 0.6) is 0 Å². The summed E-state index contributed by atoms with van der Waals surface area (Å²) in [6, 6.07) is 5.05. The van der Waals surface area contributed by atoms with Gasteiger partial charge in [0.05, 0.1) is 24.5 Å². The second kappa shape index (κ2) is 8.06. The third-order valence-corrected chi connectivity index (χ3v) is 7.08. The number of amides is 1. The smallest absolute Gasteiger partial charge is 0.240 e. The number of piperidine rings is 1. The van der Waals surface area contributed by atoms with Crippen LogP contribution in [0.4, 0.5) is 5.69 Å². The molecule has 7 heteroatoms. The number of hydrogen-bond acceptors (Lipinski definition) is 3. The fourth-order valence-corrected chi connectivity index (χ4v) is 5.05. The number of likely N-dealkylation sites (tertiary alicyclic amines) is 1. The number of sulfonamides is 1. The normalized spacial score (nSPS) is 23.1. The Bertz CT molecular complexity index is 755. The second-order valence-electron chi connectivity index (χ2n) is 7.65. The van der Waals surface area contributed by atoms with Gasteiger partial charge in [-0.2, -0.15) is 0 Å². The molecule has 2 heterocycles. The third kappa shape index (κ3) is 4.45. The number of nitrogens with zero attached hydrogens (tertiary/aromatic N) is 1. The number of carbonyl (C=O) groups is 1. The molecule has 1 saturated heterocycles. The predicted octanol–water partition coefficient (Wildman–Crippen LogP) is 0.579. The first-order valence-corrected chi connectivity index (χ1v) is 11.1. The SMILES string of the molecule is CC(=O)N1CCc2cc(S(=O)(=O)NCCC[NH+]3CCC(C)CC3)ccc21. The van der Waals surface area contributed by atoms with Crippen molar-refractivity contribution in [2.75, 3.05) is 37.6 Å². The van der Waals surface area contributed by atoms with E-state index in [9.17, 15) is 13.2 Å². The van der Waals surface area contributed by atoms with E-state index in [-0.39, 0.29) is 5.91 Å². The topological polar surface area (TPSA) is 70.9 Å². The highest BCUT2D eigenvalue weighted by Gasteiger charge is 2.25. The Morgan fingerprint density at radius 1 is 1.31 bits per heavy atom. The van der Waals surface area contributed by atoms with E-state index in [0.717, 1.165) is 30.1 Å². The minimum absolute atomic E-state index is 0.00733. The quantitative estimate of drug-likeness (QED) is 0.709. The van der Waals surface area contributed by atoms with Gasteiger partial charge in [-0.05, 0) is 48.9 Å². The number of carbonyl (C=O) groups excluding carboxylic acids is 1. The van der Waals surface area contributed by atoms with Gasteiger partial charge in [0.25, 0.3) is 0 Å². The number of anilines is 1. The van der Waals surface area contributed by atoms with Crippen LogP contribution in [0.15, 0.2) is 23.1 Å². The summed E-state index contributed by atoms with van der Waals surface area (Å²) in [4.78, 5) is 15.2. The van der Waals surface area contributed by atoms with Crippen LogP contribution in [-0.2, 0) is 21.2 Å². The summed E-state index contributed by atoms with van der Waals surface area (Å²) in [6.07, 6.45) is 4.10. The van der Waals surface area contributed by atoms with Crippen molar-refractivity contribution in [2.24, 2.45) is 5.92 Å². The Morgan fingerprint density at radius 2 is 2.04 bits per heavy atom. The summed E-state index contributed by atoms with van der Waals surface area (Å²) in [7, 11) is -3.49. The fraction of sp³-hybridized carbons (Fsp3) is 0.632. The molecule has 1 fully saturated rings. The molecule has 1 aromatic carbocycles. The van der Waals surface area contributed by atoms with E-state index in [0.29, 0.717) is 24.4 Å². The number of fused-ring (bicyclic) bond motifs is 1. The van der Waals surface area contributed by atoms with Crippen LogP contribution < -0.4 is 14.5 Å². The van der Waals surface area contributed by atoms with Crippen molar-refractivity contribution in [2.45, 2.75) is 44.4 Å².